The van der Waals surface area contributed by atoms with Gasteiger partial charge in [-0.25, -0.2) is 4.79 Å². The summed E-state index contributed by atoms with van der Waals surface area (Å²) in [6.45, 7) is 0.211. The number of fused-ring (bicyclic) bond motifs is 3. The molecule has 0 saturated heterocycles. The van der Waals surface area contributed by atoms with Gasteiger partial charge in [0.2, 0.25) is 0 Å². The molecule has 1 aromatic heterocycles. The molecule has 4 nitrogen and oxygen atoms in total. The second-order valence-corrected chi connectivity index (χ2v) is 3.85. The molecule has 0 aliphatic carbocycles. The fourth-order valence-electron chi connectivity index (χ4n) is 1.90. The van der Waals surface area contributed by atoms with Crippen LogP contribution in [-0.2, 0) is 11.5 Å². The highest BCUT2D eigenvalue weighted by Crippen LogP contribution is 2.33. The number of halogens is 1. The molecule has 1 aromatic carbocycles. The number of carbonyl (C=O) groups excluding carboxylic acids is 1. The number of aromatic nitrogens is 1. The molecule has 0 saturated carbocycles. The monoisotopic (exact) mass is 222 g/mol. The smallest absolute Gasteiger partial charge is 0.359 e. The molecule has 3 rings (SSSR count). The first-order valence-electron chi connectivity index (χ1n) is 4.43. The van der Waals surface area contributed by atoms with E-state index in [1.165, 1.54) is 0 Å². The van der Waals surface area contributed by atoms with Gasteiger partial charge >= 0.3 is 5.97 Å². The zero-order valence-electron chi connectivity index (χ0n) is 7.66. The number of cyclic esters (lactones) is 1. The van der Waals surface area contributed by atoms with Crippen LogP contribution in [-0.4, -0.2) is 10.5 Å². The zero-order chi connectivity index (χ0) is 10.6. The maximum Gasteiger partial charge on any atom is 0.359 e. The Labute approximate surface area is 90.2 Å². The molecule has 0 radical (unpaired) electrons. The molecule has 15 heavy (non-hydrogen) atoms. The molecule has 2 heterocycles. The average molecular weight is 223 g/mol. The van der Waals surface area contributed by atoms with Gasteiger partial charge in [0.15, 0.2) is 12.4 Å². The number of rotatable bonds is 0. The van der Waals surface area contributed by atoms with Crippen LogP contribution in [0.25, 0.3) is 10.9 Å². The second-order valence-electron chi connectivity index (χ2n) is 3.41. The SMILES string of the molecule is Nc1c2n(c3cc(Cl)ccc13)COC2=O. The van der Waals surface area contributed by atoms with Crippen LogP contribution in [0.1, 0.15) is 10.5 Å². The van der Waals surface area contributed by atoms with Crippen LogP contribution < -0.4 is 5.73 Å². The van der Waals surface area contributed by atoms with Gasteiger partial charge < -0.3 is 10.5 Å². The molecule has 76 valence electrons. The number of ether oxygens (including phenoxy) is 1. The number of hydrogen-bond donors (Lipinski definition) is 1. The van der Waals surface area contributed by atoms with Crippen molar-refractivity contribution in [2.24, 2.45) is 0 Å². The highest BCUT2D eigenvalue weighted by molar-refractivity contribution is 6.31. The van der Waals surface area contributed by atoms with E-state index < -0.39 is 0 Å². The number of nitrogens with zero attached hydrogens (tertiary/aromatic N) is 1. The molecule has 1 aliphatic rings. The minimum absolute atomic E-state index is 0.211. The van der Waals surface area contributed by atoms with Gasteiger partial charge in [-0.3, -0.25) is 4.57 Å². The summed E-state index contributed by atoms with van der Waals surface area (Å²) in [5.41, 5.74) is 7.59. The Morgan fingerprint density at radius 3 is 3.07 bits per heavy atom. The van der Waals surface area contributed by atoms with Gasteiger partial charge in [0, 0.05) is 10.4 Å². The minimum atomic E-state index is -0.375. The third-order valence-electron chi connectivity index (χ3n) is 2.58. The summed E-state index contributed by atoms with van der Waals surface area (Å²) in [6, 6.07) is 5.34. The number of hydrogen-bond acceptors (Lipinski definition) is 3. The van der Waals surface area contributed by atoms with Gasteiger partial charge in [0.05, 0.1) is 11.2 Å². The molecule has 2 aromatic rings. The molecular weight excluding hydrogens is 216 g/mol. The Kier molecular flexibility index (Phi) is 1.53. The van der Waals surface area contributed by atoms with Crippen LogP contribution in [0.4, 0.5) is 5.69 Å². The van der Waals surface area contributed by atoms with Crippen molar-refractivity contribution in [1.29, 1.82) is 0 Å². The Balaban J connectivity index is 2.48. The first-order valence-corrected chi connectivity index (χ1v) is 4.80. The molecule has 1 aliphatic heterocycles. The summed E-state index contributed by atoms with van der Waals surface area (Å²) in [7, 11) is 0. The first kappa shape index (κ1) is 8.61. The molecule has 5 heteroatoms. The van der Waals surface area contributed by atoms with Crippen molar-refractivity contribution in [2.75, 3.05) is 5.73 Å². The Morgan fingerprint density at radius 2 is 2.27 bits per heavy atom. The highest BCUT2D eigenvalue weighted by Gasteiger charge is 2.27. The van der Waals surface area contributed by atoms with Gasteiger partial charge in [0.25, 0.3) is 0 Å². The van der Waals surface area contributed by atoms with E-state index in [9.17, 15) is 4.79 Å². The van der Waals surface area contributed by atoms with Crippen LogP contribution in [0.5, 0.6) is 0 Å². The molecule has 0 atom stereocenters. The number of esters is 1. The number of benzene rings is 1. The van der Waals surface area contributed by atoms with Crippen molar-refractivity contribution in [3.63, 3.8) is 0 Å². The standard InChI is InChI=1S/C10H7ClN2O2/c11-5-1-2-6-7(3-5)13-4-15-10(14)9(13)8(6)12/h1-3H,4,12H2. The van der Waals surface area contributed by atoms with Crippen molar-refractivity contribution in [3.8, 4) is 0 Å². The van der Waals surface area contributed by atoms with E-state index >= 15 is 0 Å². The fourth-order valence-corrected chi connectivity index (χ4v) is 2.06. The van der Waals surface area contributed by atoms with Gasteiger partial charge in [-0.1, -0.05) is 11.6 Å². The summed E-state index contributed by atoms with van der Waals surface area (Å²) < 4.78 is 6.63. The Bertz CT molecular complexity index is 589. The second kappa shape index (κ2) is 2.67. The molecule has 2 N–H and O–H groups in total. The van der Waals surface area contributed by atoms with Crippen molar-refractivity contribution < 1.29 is 9.53 Å². The van der Waals surface area contributed by atoms with Crippen molar-refractivity contribution in [3.05, 3.63) is 28.9 Å². The lowest BCUT2D eigenvalue weighted by Gasteiger charge is -1.98. The quantitative estimate of drug-likeness (QED) is 0.694. The van der Waals surface area contributed by atoms with E-state index in [1.54, 1.807) is 16.7 Å². The van der Waals surface area contributed by atoms with Crippen LogP contribution >= 0.6 is 11.6 Å². The van der Waals surface area contributed by atoms with Crippen molar-refractivity contribution >= 4 is 34.2 Å². The molecule has 0 amide bonds. The third-order valence-corrected chi connectivity index (χ3v) is 2.82. The number of nitrogens with two attached hydrogens (primary N) is 1. The lowest BCUT2D eigenvalue weighted by Crippen LogP contribution is -1.98. The minimum Gasteiger partial charge on any atom is -0.439 e. The van der Waals surface area contributed by atoms with Crippen LogP contribution in [0.3, 0.4) is 0 Å². The van der Waals surface area contributed by atoms with E-state index in [2.05, 4.69) is 0 Å². The summed E-state index contributed by atoms with van der Waals surface area (Å²) >= 11 is 5.89. The third kappa shape index (κ3) is 0.995. The van der Waals surface area contributed by atoms with E-state index in [1.807, 2.05) is 6.07 Å². The highest BCUT2D eigenvalue weighted by atomic mass is 35.5. The molecule has 0 spiro atoms. The normalized spacial score (nSPS) is 14.3. The van der Waals surface area contributed by atoms with Crippen LogP contribution in [0.2, 0.25) is 5.02 Å². The Hall–Kier alpha value is -1.68. The molecule has 0 fully saturated rings. The van der Waals surface area contributed by atoms with Crippen molar-refractivity contribution in [1.82, 2.24) is 4.57 Å². The molecule has 0 unspecified atom stereocenters. The van der Waals surface area contributed by atoms with E-state index in [0.717, 1.165) is 10.9 Å². The molecular formula is C10H7ClN2O2. The lowest BCUT2D eigenvalue weighted by atomic mass is 10.2. The maximum atomic E-state index is 11.4. The zero-order valence-corrected chi connectivity index (χ0v) is 8.41. The largest absolute Gasteiger partial charge is 0.439 e. The van der Waals surface area contributed by atoms with E-state index in [4.69, 9.17) is 22.1 Å². The average Bonchev–Trinajstić information content (AvgIpc) is 2.70. The summed E-state index contributed by atoms with van der Waals surface area (Å²) in [4.78, 5) is 11.4. The molecule has 0 bridgehead atoms. The maximum absolute atomic E-state index is 11.4. The van der Waals surface area contributed by atoms with Gasteiger partial charge in [-0.05, 0) is 18.2 Å². The van der Waals surface area contributed by atoms with Crippen LogP contribution in [0.15, 0.2) is 18.2 Å². The number of anilines is 1. The summed E-state index contributed by atoms with van der Waals surface area (Å²) in [5, 5.41) is 1.45. The van der Waals surface area contributed by atoms with E-state index in [0.29, 0.717) is 16.4 Å². The predicted octanol–water partition coefficient (Wildman–Crippen LogP) is 2.00. The fraction of sp³-hybridized carbons (Fsp3) is 0.100. The topological polar surface area (TPSA) is 57.2 Å². The summed E-state index contributed by atoms with van der Waals surface area (Å²) in [5.74, 6) is -0.375. The van der Waals surface area contributed by atoms with Crippen molar-refractivity contribution in [2.45, 2.75) is 6.73 Å². The number of nitrogen functional groups attached to an aromatic ring is 1. The van der Waals surface area contributed by atoms with Crippen LogP contribution in [0, 0.1) is 0 Å². The lowest BCUT2D eigenvalue weighted by molar-refractivity contribution is 0.0499. The van der Waals surface area contributed by atoms with Gasteiger partial charge in [0.1, 0.15) is 0 Å². The van der Waals surface area contributed by atoms with Gasteiger partial charge in [-0.2, -0.15) is 0 Å². The number of carbonyl (C=O) groups is 1. The van der Waals surface area contributed by atoms with Gasteiger partial charge in [-0.15, -0.1) is 0 Å². The first-order chi connectivity index (χ1) is 7.18. The Morgan fingerprint density at radius 1 is 1.47 bits per heavy atom. The summed E-state index contributed by atoms with van der Waals surface area (Å²) in [6.07, 6.45) is 0. The van der Waals surface area contributed by atoms with E-state index in [-0.39, 0.29) is 12.7 Å². The predicted molar refractivity (Wildman–Crippen MR) is 56.8 cm³/mol.